The number of nitrogens with one attached hydrogen (secondary N) is 1. The van der Waals surface area contributed by atoms with Crippen LogP contribution >= 0.6 is 0 Å². The Morgan fingerprint density at radius 3 is 2.89 bits per heavy atom. The van der Waals surface area contributed by atoms with Crippen LogP contribution in [0.1, 0.15) is 38.1 Å². The molecule has 1 heterocycles. The van der Waals surface area contributed by atoms with Crippen molar-refractivity contribution in [2.75, 3.05) is 5.32 Å². The molecule has 0 aliphatic rings. The Balaban J connectivity index is 2.04. The maximum Gasteiger partial charge on any atom is 0.128 e. The summed E-state index contributed by atoms with van der Waals surface area (Å²) in [6, 6.07) is 8.59. The van der Waals surface area contributed by atoms with E-state index in [1.165, 1.54) is 5.56 Å². The molecule has 1 N–H and O–H groups in total. The summed E-state index contributed by atoms with van der Waals surface area (Å²) in [5, 5.41) is 3.43. The number of aryl methyl sites for hydroxylation is 1. The second kappa shape index (κ2) is 5.71. The molecule has 0 spiro atoms. The van der Waals surface area contributed by atoms with E-state index in [-0.39, 0.29) is 0 Å². The third-order valence-electron chi connectivity index (χ3n) is 3.15. The predicted molar refractivity (Wildman–Crippen MR) is 75.8 cm³/mol. The smallest absolute Gasteiger partial charge is 0.128 e. The number of aromatic nitrogens is 2. The summed E-state index contributed by atoms with van der Waals surface area (Å²) in [5.74, 6) is 1.64. The van der Waals surface area contributed by atoms with E-state index < -0.39 is 0 Å². The Kier molecular flexibility index (Phi) is 4.03. The predicted octanol–water partition coefficient (Wildman–Crippen LogP) is 3.64. The van der Waals surface area contributed by atoms with Gasteiger partial charge in [-0.15, -0.1) is 0 Å². The molecule has 0 saturated heterocycles. The number of anilines is 1. The zero-order valence-corrected chi connectivity index (χ0v) is 11.4. The molecule has 0 aliphatic carbocycles. The number of rotatable bonds is 5. The van der Waals surface area contributed by atoms with Crippen LogP contribution in [0.15, 0.2) is 36.7 Å². The summed E-state index contributed by atoms with van der Waals surface area (Å²) in [4.78, 5) is 4.36. The maximum absolute atomic E-state index is 4.36. The first-order valence-electron chi connectivity index (χ1n) is 6.54. The average Bonchev–Trinajstić information content (AvgIpc) is 2.84. The van der Waals surface area contributed by atoms with Crippen molar-refractivity contribution >= 4 is 5.69 Å². The minimum absolute atomic E-state index is 0.560. The quantitative estimate of drug-likeness (QED) is 0.869. The molecule has 0 saturated carbocycles. The molecule has 0 atom stereocenters. The monoisotopic (exact) mass is 243 g/mol. The fraction of sp³-hybridized carbons (Fsp3) is 0.400. The highest BCUT2D eigenvalue weighted by Gasteiger charge is 2.02. The van der Waals surface area contributed by atoms with Crippen LogP contribution in [0, 0.1) is 0 Å². The lowest BCUT2D eigenvalue weighted by atomic mass is 10.0. The Bertz CT molecular complexity index is 500. The first-order valence-corrected chi connectivity index (χ1v) is 6.54. The van der Waals surface area contributed by atoms with Crippen LogP contribution in [0.3, 0.4) is 0 Å². The third kappa shape index (κ3) is 2.92. The molecule has 18 heavy (non-hydrogen) atoms. The van der Waals surface area contributed by atoms with Gasteiger partial charge in [-0.25, -0.2) is 4.98 Å². The fourth-order valence-corrected chi connectivity index (χ4v) is 1.98. The van der Waals surface area contributed by atoms with Gasteiger partial charge in [0, 0.05) is 24.6 Å². The summed E-state index contributed by atoms with van der Waals surface area (Å²) in [7, 11) is 0. The van der Waals surface area contributed by atoms with E-state index >= 15 is 0 Å². The summed E-state index contributed by atoms with van der Waals surface area (Å²) in [6.07, 6.45) is 3.87. The van der Waals surface area contributed by atoms with Crippen LogP contribution in [0.25, 0.3) is 0 Å². The Labute approximate surface area is 109 Å². The minimum atomic E-state index is 0.560. The van der Waals surface area contributed by atoms with Crippen molar-refractivity contribution in [3.05, 3.63) is 48.0 Å². The lowest BCUT2D eigenvalue weighted by Crippen LogP contribution is -2.07. The SMILES string of the molecule is CCn1ccnc1CNc1cccc(C(C)C)c1. The number of benzene rings is 1. The molecule has 0 bridgehead atoms. The lowest BCUT2D eigenvalue weighted by molar-refractivity contribution is 0.708. The molecule has 0 fully saturated rings. The van der Waals surface area contributed by atoms with Crippen LogP contribution < -0.4 is 5.32 Å². The highest BCUT2D eigenvalue weighted by atomic mass is 15.1. The van der Waals surface area contributed by atoms with Crippen LogP contribution in [-0.4, -0.2) is 9.55 Å². The summed E-state index contributed by atoms with van der Waals surface area (Å²) in [5.41, 5.74) is 2.52. The van der Waals surface area contributed by atoms with Crippen molar-refractivity contribution in [2.24, 2.45) is 0 Å². The van der Waals surface area contributed by atoms with Gasteiger partial charge in [0.1, 0.15) is 5.82 Å². The van der Waals surface area contributed by atoms with Gasteiger partial charge >= 0.3 is 0 Å². The molecule has 0 radical (unpaired) electrons. The van der Waals surface area contributed by atoms with Gasteiger partial charge in [0.15, 0.2) is 0 Å². The molecule has 3 heteroatoms. The Morgan fingerprint density at radius 2 is 2.17 bits per heavy atom. The van der Waals surface area contributed by atoms with Gasteiger partial charge < -0.3 is 9.88 Å². The molecule has 0 unspecified atom stereocenters. The van der Waals surface area contributed by atoms with E-state index in [4.69, 9.17) is 0 Å². The standard InChI is InChI=1S/C15H21N3/c1-4-18-9-8-16-15(18)11-17-14-7-5-6-13(10-14)12(2)3/h5-10,12,17H,4,11H2,1-3H3. The van der Waals surface area contributed by atoms with Crippen molar-refractivity contribution in [3.8, 4) is 0 Å². The van der Waals surface area contributed by atoms with Gasteiger partial charge in [-0.3, -0.25) is 0 Å². The van der Waals surface area contributed by atoms with E-state index in [9.17, 15) is 0 Å². The maximum atomic E-state index is 4.36. The lowest BCUT2D eigenvalue weighted by Gasteiger charge is -2.11. The van der Waals surface area contributed by atoms with Gasteiger partial charge in [0.2, 0.25) is 0 Å². The van der Waals surface area contributed by atoms with Crippen LogP contribution in [0.4, 0.5) is 5.69 Å². The number of hydrogen-bond acceptors (Lipinski definition) is 2. The van der Waals surface area contributed by atoms with Gasteiger partial charge in [-0.05, 0) is 30.5 Å². The van der Waals surface area contributed by atoms with Crippen molar-refractivity contribution in [2.45, 2.75) is 39.8 Å². The fourth-order valence-electron chi connectivity index (χ4n) is 1.98. The zero-order chi connectivity index (χ0) is 13.0. The van der Waals surface area contributed by atoms with Gasteiger partial charge in [-0.1, -0.05) is 26.0 Å². The second-order valence-electron chi connectivity index (χ2n) is 4.76. The molecule has 3 nitrogen and oxygen atoms in total. The number of imidazole rings is 1. The molecule has 1 aromatic carbocycles. The molecule has 96 valence electrons. The van der Waals surface area contributed by atoms with Crippen molar-refractivity contribution in [1.29, 1.82) is 0 Å². The van der Waals surface area contributed by atoms with Crippen LogP contribution in [-0.2, 0) is 13.1 Å². The Hall–Kier alpha value is -1.77. The normalized spacial score (nSPS) is 10.9. The molecule has 2 rings (SSSR count). The number of nitrogens with zero attached hydrogens (tertiary/aromatic N) is 2. The second-order valence-corrected chi connectivity index (χ2v) is 4.76. The van der Waals surface area contributed by atoms with Gasteiger partial charge in [-0.2, -0.15) is 0 Å². The summed E-state index contributed by atoms with van der Waals surface area (Å²) in [6.45, 7) is 8.28. The molecule has 1 aromatic heterocycles. The van der Waals surface area contributed by atoms with E-state index in [1.54, 1.807) is 0 Å². The van der Waals surface area contributed by atoms with Crippen molar-refractivity contribution in [1.82, 2.24) is 9.55 Å². The average molecular weight is 243 g/mol. The summed E-state index contributed by atoms with van der Waals surface area (Å²) >= 11 is 0. The van der Waals surface area contributed by atoms with E-state index in [1.807, 2.05) is 12.4 Å². The first-order chi connectivity index (χ1) is 8.70. The van der Waals surface area contributed by atoms with Gasteiger partial charge in [0.05, 0.1) is 6.54 Å². The molecule has 0 aliphatic heterocycles. The topological polar surface area (TPSA) is 29.9 Å². The van der Waals surface area contributed by atoms with E-state index in [0.717, 1.165) is 24.6 Å². The van der Waals surface area contributed by atoms with E-state index in [2.05, 4.69) is 59.9 Å². The summed E-state index contributed by atoms with van der Waals surface area (Å²) < 4.78 is 2.15. The largest absolute Gasteiger partial charge is 0.378 e. The zero-order valence-electron chi connectivity index (χ0n) is 11.4. The van der Waals surface area contributed by atoms with Crippen LogP contribution in [0.2, 0.25) is 0 Å². The molecule has 0 amide bonds. The van der Waals surface area contributed by atoms with Crippen molar-refractivity contribution < 1.29 is 0 Å². The minimum Gasteiger partial charge on any atom is -0.378 e. The van der Waals surface area contributed by atoms with E-state index in [0.29, 0.717) is 5.92 Å². The molecular weight excluding hydrogens is 222 g/mol. The molecular formula is C15H21N3. The third-order valence-corrected chi connectivity index (χ3v) is 3.15. The van der Waals surface area contributed by atoms with Crippen molar-refractivity contribution in [3.63, 3.8) is 0 Å². The first kappa shape index (κ1) is 12.7. The van der Waals surface area contributed by atoms with Crippen LogP contribution in [0.5, 0.6) is 0 Å². The highest BCUT2D eigenvalue weighted by Crippen LogP contribution is 2.18. The highest BCUT2D eigenvalue weighted by molar-refractivity contribution is 5.46. The van der Waals surface area contributed by atoms with Gasteiger partial charge in [0.25, 0.3) is 0 Å². The molecule has 2 aromatic rings. The number of hydrogen-bond donors (Lipinski definition) is 1. The Morgan fingerprint density at radius 1 is 1.33 bits per heavy atom.